The summed E-state index contributed by atoms with van der Waals surface area (Å²) in [5.74, 6) is 0.0478. The fourth-order valence-electron chi connectivity index (χ4n) is 4.50. The Morgan fingerprint density at radius 1 is 1.06 bits per heavy atom. The predicted molar refractivity (Wildman–Crippen MR) is 138 cm³/mol. The second-order valence-corrected chi connectivity index (χ2v) is 10.5. The van der Waals surface area contributed by atoms with Crippen LogP contribution < -0.4 is 0 Å². The van der Waals surface area contributed by atoms with E-state index in [1.165, 1.54) is 17.7 Å². The summed E-state index contributed by atoms with van der Waals surface area (Å²) in [6.07, 6.45) is 7.67. The zero-order valence-corrected chi connectivity index (χ0v) is 21.9. The summed E-state index contributed by atoms with van der Waals surface area (Å²) in [6, 6.07) is 7.28. The van der Waals surface area contributed by atoms with Crippen molar-refractivity contribution in [3.05, 3.63) is 55.7 Å². The third kappa shape index (κ3) is 6.74. The summed E-state index contributed by atoms with van der Waals surface area (Å²) >= 11 is 14.4. The highest BCUT2D eigenvalue weighted by Gasteiger charge is 2.34. The molecular weight excluding hydrogens is 475 g/mol. The molecule has 2 amide bonds. The topological polar surface area (TPSA) is 40.6 Å². The molecule has 1 atom stereocenters. The SMILES string of the molecule is CCCCCCCC(=O)N(CCC)CC(=O)N1CCc2sccc2[C@H]1c1ccc(Cl)cc1Cl. The number of unbranched alkanes of at least 4 members (excludes halogenated alkanes) is 4. The van der Waals surface area contributed by atoms with Crippen molar-refractivity contribution in [2.24, 2.45) is 0 Å². The third-order valence-corrected chi connectivity index (χ3v) is 7.77. The molecule has 0 unspecified atom stereocenters. The Morgan fingerprint density at radius 3 is 2.58 bits per heavy atom. The molecule has 1 aliphatic rings. The smallest absolute Gasteiger partial charge is 0.242 e. The first-order valence-corrected chi connectivity index (χ1v) is 13.7. The molecule has 180 valence electrons. The highest BCUT2D eigenvalue weighted by atomic mass is 35.5. The lowest BCUT2D eigenvalue weighted by Gasteiger charge is -2.38. The van der Waals surface area contributed by atoms with Crippen molar-refractivity contribution in [1.82, 2.24) is 9.80 Å². The standard InChI is InChI=1S/C26H34Cl2N2O2S/c1-3-5-6-7-8-9-24(31)29(14-4-2)18-25(32)30-15-12-23-21(13-16-33-23)26(30)20-11-10-19(27)17-22(20)28/h10-11,13,16-17,26H,3-9,12,14-15,18H2,1-2H3/t26-/m1/s1. The van der Waals surface area contributed by atoms with Gasteiger partial charge in [0, 0.05) is 34.4 Å². The molecule has 3 rings (SSSR count). The van der Waals surface area contributed by atoms with Crippen LogP contribution in [0.15, 0.2) is 29.6 Å². The summed E-state index contributed by atoms with van der Waals surface area (Å²) in [5, 5.41) is 3.19. The molecule has 0 radical (unpaired) electrons. The number of benzene rings is 1. The summed E-state index contributed by atoms with van der Waals surface area (Å²) in [7, 11) is 0. The number of amides is 2. The molecule has 1 aliphatic heterocycles. The molecule has 2 heterocycles. The van der Waals surface area contributed by atoms with Crippen LogP contribution in [-0.4, -0.2) is 41.2 Å². The van der Waals surface area contributed by atoms with E-state index in [9.17, 15) is 9.59 Å². The van der Waals surface area contributed by atoms with Crippen LogP contribution in [0.5, 0.6) is 0 Å². The van der Waals surface area contributed by atoms with Crippen LogP contribution in [0.4, 0.5) is 0 Å². The van der Waals surface area contributed by atoms with Gasteiger partial charge in [-0.25, -0.2) is 0 Å². The van der Waals surface area contributed by atoms with E-state index >= 15 is 0 Å². The Kier molecular flexibility index (Phi) is 10.1. The number of thiophene rings is 1. The van der Waals surface area contributed by atoms with Crippen molar-refractivity contribution in [2.75, 3.05) is 19.6 Å². The van der Waals surface area contributed by atoms with E-state index < -0.39 is 0 Å². The normalized spacial score (nSPS) is 15.4. The van der Waals surface area contributed by atoms with Gasteiger partial charge in [0.25, 0.3) is 0 Å². The third-order valence-electron chi connectivity index (χ3n) is 6.21. The van der Waals surface area contributed by atoms with Crippen molar-refractivity contribution < 1.29 is 9.59 Å². The van der Waals surface area contributed by atoms with Gasteiger partial charge in [0.1, 0.15) is 0 Å². The van der Waals surface area contributed by atoms with Gasteiger partial charge in [-0.15, -0.1) is 11.3 Å². The van der Waals surface area contributed by atoms with Gasteiger partial charge in [0.05, 0.1) is 12.6 Å². The van der Waals surface area contributed by atoms with Gasteiger partial charge >= 0.3 is 0 Å². The molecule has 0 N–H and O–H groups in total. The second-order valence-electron chi connectivity index (χ2n) is 8.68. The Bertz CT molecular complexity index is 946. The van der Waals surface area contributed by atoms with E-state index in [1.54, 1.807) is 22.3 Å². The Balaban J connectivity index is 1.76. The fraction of sp³-hybridized carbons (Fsp3) is 0.538. The largest absolute Gasteiger partial charge is 0.333 e. The fourth-order valence-corrected chi connectivity index (χ4v) is 5.91. The minimum atomic E-state index is -0.259. The molecule has 2 aromatic rings. The van der Waals surface area contributed by atoms with Crippen LogP contribution in [0.25, 0.3) is 0 Å². The molecular formula is C26H34Cl2N2O2S. The first kappa shape index (κ1) is 26.1. The number of carbonyl (C=O) groups is 2. The monoisotopic (exact) mass is 508 g/mol. The predicted octanol–water partition coefficient (Wildman–Crippen LogP) is 7.13. The number of hydrogen-bond donors (Lipinski definition) is 0. The number of fused-ring (bicyclic) bond motifs is 1. The highest BCUT2D eigenvalue weighted by molar-refractivity contribution is 7.10. The average molecular weight is 510 g/mol. The van der Waals surface area contributed by atoms with Gasteiger partial charge in [-0.3, -0.25) is 9.59 Å². The highest BCUT2D eigenvalue weighted by Crippen LogP contribution is 2.41. The zero-order valence-electron chi connectivity index (χ0n) is 19.6. The van der Waals surface area contributed by atoms with Crippen molar-refractivity contribution in [2.45, 2.75) is 71.3 Å². The lowest BCUT2D eigenvalue weighted by Crippen LogP contribution is -2.47. The van der Waals surface area contributed by atoms with Crippen molar-refractivity contribution in [3.8, 4) is 0 Å². The van der Waals surface area contributed by atoms with Crippen LogP contribution in [-0.2, 0) is 16.0 Å². The lowest BCUT2D eigenvalue weighted by atomic mass is 9.93. The van der Waals surface area contributed by atoms with Crippen LogP contribution in [0, 0.1) is 0 Å². The molecule has 0 aliphatic carbocycles. The van der Waals surface area contributed by atoms with Crippen molar-refractivity contribution >= 4 is 46.4 Å². The minimum absolute atomic E-state index is 0.0318. The van der Waals surface area contributed by atoms with Crippen LogP contribution in [0.1, 0.15) is 80.8 Å². The second kappa shape index (κ2) is 12.8. The molecule has 0 saturated heterocycles. The van der Waals surface area contributed by atoms with Gasteiger partial charge in [0.2, 0.25) is 11.8 Å². The number of nitrogens with zero attached hydrogens (tertiary/aromatic N) is 2. The first-order valence-electron chi connectivity index (χ1n) is 12.0. The van der Waals surface area contributed by atoms with Gasteiger partial charge in [-0.05, 0) is 54.0 Å². The summed E-state index contributed by atoms with van der Waals surface area (Å²) in [5.41, 5.74) is 1.99. The zero-order chi connectivity index (χ0) is 23.8. The molecule has 0 spiro atoms. The van der Waals surface area contributed by atoms with Crippen molar-refractivity contribution in [1.29, 1.82) is 0 Å². The Labute approximate surface area is 211 Å². The maximum absolute atomic E-state index is 13.6. The van der Waals surface area contributed by atoms with Crippen LogP contribution >= 0.6 is 34.5 Å². The lowest BCUT2D eigenvalue weighted by molar-refractivity contribution is -0.141. The molecule has 1 aromatic heterocycles. The molecule has 0 saturated carbocycles. The Morgan fingerprint density at radius 2 is 1.85 bits per heavy atom. The van der Waals surface area contributed by atoms with E-state index in [-0.39, 0.29) is 24.4 Å². The van der Waals surface area contributed by atoms with E-state index in [0.29, 0.717) is 29.6 Å². The summed E-state index contributed by atoms with van der Waals surface area (Å²) in [6.45, 7) is 5.55. The summed E-state index contributed by atoms with van der Waals surface area (Å²) in [4.78, 5) is 31.4. The molecule has 1 aromatic carbocycles. The van der Waals surface area contributed by atoms with Crippen LogP contribution in [0.2, 0.25) is 10.0 Å². The van der Waals surface area contributed by atoms with Gasteiger partial charge < -0.3 is 9.80 Å². The average Bonchev–Trinajstić information content (AvgIpc) is 3.27. The molecule has 0 bridgehead atoms. The molecule has 0 fully saturated rings. The molecule has 4 nitrogen and oxygen atoms in total. The number of carbonyl (C=O) groups excluding carboxylic acids is 2. The van der Waals surface area contributed by atoms with Gasteiger partial charge in [-0.1, -0.05) is 68.8 Å². The van der Waals surface area contributed by atoms with E-state index in [4.69, 9.17) is 23.2 Å². The quantitative estimate of drug-likeness (QED) is 0.303. The molecule has 7 heteroatoms. The number of halogens is 2. The van der Waals surface area contributed by atoms with E-state index in [2.05, 4.69) is 18.4 Å². The van der Waals surface area contributed by atoms with Crippen molar-refractivity contribution in [3.63, 3.8) is 0 Å². The van der Waals surface area contributed by atoms with E-state index in [1.807, 2.05) is 24.0 Å². The Hall–Kier alpha value is -1.56. The maximum Gasteiger partial charge on any atom is 0.242 e. The van der Waals surface area contributed by atoms with Gasteiger partial charge in [-0.2, -0.15) is 0 Å². The van der Waals surface area contributed by atoms with Gasteiger partial charge in [0.15, 0.2) is 0 Å². The molecule has 33 heavy (non-hydrogen) atoms. The number of rotatable bonds is 11. The minimum Gasteiger partial charge on any atom is -0.333 e. The summed E-state index contributed by atoms with van der Waals surface area (Å²) < 4.78 is 0. The van der Waals surface area contributed by atoms with Crippen LogP contribution in [0.3, 0.4) is 0 Å². The number of hydrogen-bond acceptors (Lipinski definition) is 3. The first-order chi connectivity index (χ1) is 16.0. The van der Waals surface area contributed by atoms with E-state index in [0.717, 1.165) is 43.2 Å². The maximum atomic E-state index is 13.6.